The number of halogens is 1. The number of benzene rings is 1. The van der Waals surface area contributed by atoms with Gasteiger partial charge in [-0.2, -0.15) is 0 Å². The summed E-state index contributed by atoms with van der Waals surface area (Å²) in [6.07, 6.45) is 6.49. The van der Waals surface area contributed by atoms with Gasteiger partial charge in [-0.3, -0.25) is 4.98 Å². The van der Waals surface area contributed by atoms with Crippen molar-refractivity contribution < 1.29 is 22.3 Å². The van der Waals surface area contributed by atoms with Crippen molar-refractivity contribution in [3.63, 3.8) is 0 Å². The molecule has 208 valence electrons. The largest absolute Gasteiger partial charge is 0.455 e. The number of hydrogen-bond acceptors (Lipinski definition) is 7. The van der Waals surface area contributed by atoms with Crippen LogP contribution in [0.2, 0.25) is 0 Å². The van der Waals surface area contributed by atoms with Gasteiger partial charge in [-0.25, -0.2) is 27.3 Å². The molecule has 0 unspecified atom stereocenters. The van der Waals surface area contributed by atoms with Gasteiger partial charge in [0.1, 0.15) is 17.0 Å². The Kier molecular flexibility index (Phi) is 6.91. The van der Waals surface area contributed by atoms with Crippen molar-refractivity contribution in [2.75, 3.05) is 11.9 Å². The van der Waals surface area contributed by atoms with E-state index >= 15 is 0 Å². The zero-order chi connectivity index (χ0) is 28.2. The zero-order valence-electron chi connectivity index (χ0n) is 23.0. The van der Waals surface area contributed by atoms with Gasteiger partial charge in [0, 0.05) is 41.2 Å². The Hall–Kier alpha value is -3.11. The summed E-state index contributed by atoms with van der Waals surface area (Å²) in [5, 5.41) is 4.80. The SMILES string of the molecule is CC(C)(F)CNS(=O)(=O)c1c2c(cc3cnc(C4CC4)cc13)C[C@@H](Nc1ccc(C(=O)OC(C)(C)C)nc1)C2. The molecule has 3 aromatic rings. The molecule has 0 aliphatic heterocycles. The lowest BCUT2D eigenvalue weighted by Crippen LogP contribution is -2.36. The van der Waals surface area contributed by atoms with E-state index < -0.39 is 27.3 Å². The summed E-state index contributed by atoms with van der Waals surface area (Å²) in [7, 11) is -4.00. The molecular weight excluding hydrogens is 519 g/mol. The van der Waals surface area contributed by atoms with E-state index in [2.05, 4.69) is 20.0 Å². The molecule has 1 saturated carbocycles. The summed E-state index contributed by atoms with van der Waals surface area (Å²) in [4.78, 5) is 21.4. The first-order valence-electron chi connectivity index (χ1n) is 13.3. The Morgan fingerprint density at radius 2 is 1.82 bits per heavy atom. The molecule has 0 radical (unpaired) electrons. The summed E-state index contributed by atoms with van der Waals surface area (Å²) < 4.78 is 49.4. The number of carbonyl (C=O) groups is 1. The van der Waals surface area contributed by atoms with Crippen LogP contribution in [0.5, 0.6) is 0 Å². The summed E-state index contributed by atoms with van der Waals surface area (Å²) in [6, 6.07) is 7.19. The third-order valence-electron chi connectivity index (χ3n) is 6.80. The molecular formula is C29H35FN4O4S. The lowest BCUT2D eigenvalue weighted by atomic mass is 10.0. The highest BCUT2D eigenvalue weighted by Gasteiger charge is 2.33. The van der Waals surface area contributed by atoms with Gasteiger partial charge in [-0.15, -0.1) is 0 Å². The van der Waals surface area contributed by atoms with Crippen molar-refractivity contribution in [1.82, 2.24) is 14.7 Å². The number of anilines is 1. The molecule has 39 heavy (non-hydrogen) atoms. The first-order chi connectivity index (χ1) is 18.2. The van der Waals surface area contributed by atoms with Crippen LogP contribution in [0, 0.1) is 0 Å². The Morgan fingerprint density at radius 3 is 2.44 bits per heavy atom. The Labute approximate surface area is 228 Å². The van der Waals surface area contributed by atoms with Crippen molar-refractivity contribution in [3.05, 3.63) is 59.2 Å². The van der Waals surface area contributed by atoms with Crippen LogP contribution in [0.4, 0.5) is 10.1 Å². The quantitative estimate of drug-likeness (QED) is 0.374. The van der Waals surface area contributed by atoms with Crippen molar-refractivity contribution in [1.29, 1.82) is 0 Å². The number of alkyl halides is 1. The molecule has 10 heteroatoms. The van der Waals surface area contributed by atoms with E-state index in [1.54, 1.807) is 45.3 Å². The van der Waals surface area contributed by atoms with Gasteiger partial charge in [0.05, 0.1) is 16.8 Å². The fraction of sp³-hybridized carbons (Fsp3) is 0.483. The van der Waals surface area contributed by atoms with Crippen molar-refractivity contribution >= 4 is 32.5 Å². The van der Waals surface area contributed by atoms with Gasteiger partial charge in [0.15, 0.2) is 0 Å². The normalized spacial score (nSPS) is 17.7. The smallest absolute Gasteiger partial charge is 0.357 e. The predicted octanol–water partition coefficient (Wildman–Crippen LogP) is 5.07. The Bertz CT molecular complexity index is 1520. The number of pyridine rings is 2. The second kappa shape index (κ2) is 9.82. The van der Waals surface area contributed by atoms with Crippen LogP contribution in [-0.2, 0) is 27.6 Å². The molecule has 2 aliphatic rings. The molecule has 2 heterocycles. The highest BCUT2D eigenvalue weighted by molar-refractivity contribution is 7.89. The Balaban J connectivity index is 1.44. The predicted molar refractivity (Wildman–Crippen MR) is 148 cm³/mol. The summed E-state index contributed by atoms with van der Waals surface area (Å²) in [5.74, 6) is -0.131. The highest BCUT2D eigenvalue weighted by atomic mass is 32.2. The van der Waals surface area contributed by atoms with Crippen LogP contribution in [-0.4, -0.2) is 48.2 Å². The number of rotatable bonds is 8. The van der Waals surface area contributed by atoms with E-state index in [0.29, 0.717) is 29.8 Å². The topological polar surface area (TPSA) is 110 Å². The van der Waals surface area contributed by atoms with E-state index in [4.69, 9.17) is 4.74 Å². The maximum atomic E-state index is 14.3. The first kappa shape index (κ1) is 27.5. The molecule has 0 saturated heterocycles. The number of carbonyl (C=O) groups excluding carboxylic acids is 1. The zero-order valence-corrected chi connectivity index (χ0v) is 23.8. The minimum Gasteiger partial charge on any atom is -0.455 e. The average Bonchev–Trinajstić information content (AvgIpc) is 3.60. The maximum Gasteiger partial charge on any atom is 0.357 e. The molecule has 5 rings (SSSR count). The summed E-state index contributed by atoms with van der Waals surface area (Å²) in [5.41, 5.74) is 1.17. The minimum absolute atomic E-state index is 0.0894. The lowest BCUT2D eigenvalue weighted by Gasteiger charge is -2.19. The van der Waals surface area contributed by atoms with E-state index in [0.717, 1.165) is 35.0 Å². The second-order valence-electron chi connectivity index (χ2n) is 12.2. The van der Waals surface area contributed by atoms with Crippen molar-refractivity contribution in [3.8, 4) is 0 Å². The number of aromatic nitrogens is 2. The molecule has 1 fully saturated rings. The van der Waals surface area contributed by atoms with Gasteiger partial charge >= 0.3 is 5.97 Å². The molecule has 1 aromatic carbocycles. The molecule has 0 spiro atoms. The average molecular weight is 555 g/mol. The fourth-order valence-corrected chi connectivity index (χ4v) is 6.57. The molecule has 2 aliphatic carbocycles. The fourth-order valence-electron chi connectivity index (χ4n) is 4.88. The number of sulfonamides is 1. The van der Waals surface area contributed by atoms with E-state index in [-0.39, 0.29) is 23.2 Å². The van der Waals surface area contributed by atoms with E-state index in [1.165, 1.54) is 13.8 Å². The number of esters is 1. The van der Waals surface area contributed by atoms with Crippen LogP contribution >= 0.6 is 0 Å². The maximum absolute atomic E-state index is 14.3. The van der Waals surface area contributed by atoms with Gasteiger partial charge < -0.3 is 10.1 Å². The van der Waals surface area contributed by atoms with E-state index in [1.807, 2.05) is 12.1 Å². The van der Waals surface area contributed by atoms with Crippen LogP contribution in [0.15, 0.2) is 41.6 Å². The number of nitrogens with zero attached hydrogens (tertiary/aromatic N) is 2. The molecule has 2 aromatic heterocycles. The monoisotopic (exact) mass is 554 g/mol. The van der Waals surface area contributed by atoms with Gasteiger partial charge in [-0.1, -0.05) is 0 Å². The van der Waals surface area contributed by atoms with Crippen molar-refractivity contribution in [2.24, 2.45) is 0 Å². The third kappa shape index (κ3) is 6.38. The molecule has 0 amide bonds. The van der Waals surface area contributed by atoms with Gasteiger partial charge in [0.25, 0.3) is 0 Å². The van der Waals surface area contributed by atoms with Crippen molar-refractivity contribution in [2.45, 2.75) is 88.4 Å². The molecule has 0 bridgehead atoms. The van der Waals surface area contributed by atoms with Crippen LogP contribution < -0.4 is 10.0 Å². The first-order valence-corrected chi connectivity index (χ1v) is 14.8. The highest BCUT2D eigenvalue weighted by Crippen LogP contribution is 2.42. The number of nitrogens with one attached hydrogen (secondary N) is 2. The lowest BCUT2D eigenvalue weighted by molar-refractivity contribution is 0.00628. The molecule has 2 N–H and O–H groups in total. The number of ether oxygens (including phenoxy) is 1. The molecule has 1 atom stereocenters. The van der Waals surface area contributed by atoms with Gasteiger partial charge in [-0.05, 0) is 95.7 Å². The number of hydrogen-bond donors (Lipinski definition) is 2. The van der Waals surface area contributed by atoms with E-state index in [9.17, 15) is 17.6 Å². The summed E-state index contributed by atoms with van der Waals surface area (Å²) in [6.45, 7) is 7.77. The van der Waals surface area contributed by atoms with Crippen LogP contribution in [0.25, 0.3) is 10.8 Å². The number of fused-ring (bicyclic) bond motifs is 2. The molecule has 8 nitrogen and oxygen atoms in total. The van der Waals surface area contributed by atoms with Crippen LogP contribution in [0.1, 0.15) is 80.7 Å². The van der Waals surface area contributed by atoms with Crippen LogP contribution in [0.3, 0.4) is 0 Å². The minimum atomic E-state index is -4.00. The second-order valence-corrected chi connectivity index (χ2v) is 13.9. The standard InChI is InChI=1S/C29H35FN4O4S/c1-28(2,3)38-27(35)24-9-8-20(15-32-24)34-21-11-18-10-19-14-31-25(17-6-7-17)13-23(19)26(22(18)12-21)39(36,37)33-16-29(4,5)30/h8-10,13-15,17,21,33-34H,6-7,11-12,16H2,1-5H3/t21-/m1/s1. The van der Waals surface area contributed by atoms with Gasteiger partial charge in [0.2, 0.25) is 10.0 Å². The Morgan fingerprint density at radius 1 is 1.08 bits per heavy atom. The summed E-state index contributed by atoms with van der Waals surface area (Å²) >= 11 is 0. The third-order valence-corrected chi connectivity index (χ3v) is 8.33.